The number of nitrogens with one attached hydrogen (secondary N) is 1. The first kappa shape index (κ1) is 13.2. The van der Waals surface area contributed by atoms with Crippen molar-refractivity contribution < 1.29 is 14.0 Å². The Morgan fingerprint density at radius 2 is 2.00 bits per heavy atom. The number of rotatable bonds is 3. The van der Waals surface area contributed by atoms with E-state index in [4.69, 9.17) is 0 Å². The molecule has 0 aliphatic carbocycles. The first-order valence-electron chi connectivity index (χ1n) is 5.17. The molecule has 0 radical (unpaired) electrons. The van der Waals surface area contributed by atoms with E-state index in [2.05, 4.69) is 5.32 Å². The Hall–Kier alpha value is -1.91. The second-order valence-corrected chi connectivity index (χ2v) is 3.91. The molecule has 17 heavy (non-hydrogen) atoms. The summed E-state index contributed by atoms with van der Waals surface area (Å²) in [6.07, 6.45) is 0. The third kappa shape index (κ3) is 3.27. The molecule has 0 aromatic heterocycles. The number of halogens is 1. The molecule has 1 aromatic rings. The van der Waals surface area contributed by atoms with Crippen LogP contribution in [0.5, 0.6) is 0 Å². The van der Waals surface area contributed by atoms with Crippen molar-refractivity contribution in [1.29, 1.82) is 0 Å². The monoisotopic (exact) mass is 238 g/mol. The maximum atomic E-state index is 13.6. The molecule has 0 heterocycles. The molecule has 0 saturated carbocycles. The Morgan fingerprint density at radius 3 is 2.59 bits per heavy atom. The van der Waals surface area contributed by atoms with E-state index in [1.807, 2.05) is 0 Å². The van der Waals surface area contributed by atoms with Gasteiger partial charge in [0.15, 0.2) is 0 Å². The largest absolute Gasteiger partial charge is 0.347 e. The molecule has 0 fully saturated rings. The molecular weight excluding hydrogens is 223 g/mol. The highest BCUT2D eigenvalue weighted by atomic mass is 19.1. The number of carbonyl (C=O) groups is 2. The molecule has 0 spiro atoms. The van der Waals surface area contributed by atoms with Crippen LogP contribution in [0.3, 0.4) is 0 Å². The number of amides is 2. The minimum absolute atomic E-state index is 0.0449. The fraction of sp³-hybridized carbons (Fsp3) is 0.333. The highest BCUT2D eigenvalue weighted by Gasteiger charge is 2.14. The molecule has 5 heteroatoms. The Labute approximate surface area is 99.4 Å². The third-order valence-corrected chi connectivity index (χ3v) is 2.34. The summed E-state index contributed by atoms with van der Waals surface area (Å²) < 4.78 is 13.6. The lowest BCUT2D eigenvalue weighted by atomic mass is 10.1. The number of likely N-dealkylation sites (N-methyl/N-ethyl adjacent to an activating group) is 1. The van der Waals surface area contributed by atoms with E-state index >= 15 is 0 Å². The zero-order chi connectivity index (χ0) is 13.0. The first-order valence-corrected chi connectivity index (χ1v) is 5.17. The lowest BCUT2D eigenvalue weighted by Crippen LogP contribution is -2.36. The molecule has 0 aliphatic rings. The molecule has 1 N–H and O–H groups in total. The van der Waals surface area contributed by atoms with Crippen LogP contribution in [0.1, 0.15) is 15.9 Å². The van der Waals surface area contributed by atoms with Crippen molar-refractivity contribution in [2.24, 2.45) is 0 Å². The maximum absolute atomic E-state index is 13.6. The van der Waals surface area contributed by atoms with E-state index in [0.29, 0.717) is 5.56 Å². The predicted octanol–water partition coefficient (Wildman–Crippen LogP) is 0.952. The van der Waals surface area contributed by atoms with E-state index < -0.39 is 11.7 Å². The lowest BCUT2D eigenvalue weighted by molar-refractivity contribution is -0.127. The Balaban J connectivity index is 2.71. The summed E-state index contributed by atoms with van der Waals surface area (Å²) in [5, 5.41) is 2.38. The van der Waals surface area contributed by atoms with Crippen LogP contribution >= 0.6 is 0 Å². The number of benzene rings is 1. The van der Waals surface area contributed by atoms with Gasteiger partial charge in [-0.25, -0.2) is 4.39 Å². The fourth-order valence-electron chi connectivity index (χ4n) is 1.23. The van der Waals surface area contributed by atoms with Crippen LogP contribution in [0.25, 0.3) is 0 Å². The molecule has 0 unspecified atom stereocenters. The van der Waals surface area contributed by atoms with E-state index in [9.17, 15) is 14.0 Å². The van der Waals surface area contributed by atoms with Crippen LogP contribution in [0.2, 0.25) is 0 Å². The summed E-state index contributed by atoms with van der Waals surface area (Å²) in [5.41, 5.74) is 0.355. The van der Waals surface area contributed by atoms with Crippen LogP contribution in [0, 0.1) is 12.7 Å². The smallest absolute Gasteiger partial charge is 0.254 e. The summed E-state index contributed by atoms with van der Waals surface area (Å²) in [6.45, 7) is 1.44. The van der Waals surface area contributed by atoms with Crippen LogP contribution in [0.4, 0.5) is 4.39 Å². The molecule has 1 rings (SSSR count). The number of hydrogen-bond donors (Lipinski definition) is 1. The summed E-state index contributed by atoms with van der Waals surface area (Å²) in [7, 11) is 3.17. The number of hydrogen-bond acceptors (Lipinski definition) is 2. The van der Waals surface area contributed by atoms with Crippen molar-refractivity contribution in [3.8, 4) is 0 Å². The van der Waals surface area contributed by atoms with Crippen molar-refractivity contribution >= 4 is 11.8 Å². The summed E-state index contributed by atoms with van der Waals surface area (Å²) >= 11 is 0. The Bertz CT molecular complexity index is 444. The van der Waals surface area contributed by atoms with Gasteiger partial charge in [-0.3, -0.25) is 9.59 Å². The molecule has 0 saturated heterocycles. The quantitative estimate of drug-likeness (QED) is 0.852. The van der Waals surface area contributed by atoms with Crippen molar-refractivity contribution in [2.75, 3.05) is 20.6 Å². The topological polar surface area (TPSA) is 49.4 Å². The number of carbonyl (C=O) groups excluding carboxylic acids is 2. The van der Waals surface area contributed by atoms with Crippen molar-refractivity contribution in [2.45, 2.75) is 6.92 Å². The molecule has 2 amide bonds. The third-order valence-electron chi connectivity index (χ3n) is 2.34. The van der Waals surface area contributed by atoms with Crippen LogP contribution in [-0.2, 0) is 4.79 Å². The maximum Gasteiger partial charge on any atom is 0.254 e. The van der Waals surface area contributed by atoms with Crippen LogP contribution in [0.15, 0.2) is 18.2 Å². The minimum Gasteiger partial charge on any atom is -0.347 e. The van der Waals surface area contributed by atoms with Gasteiger partial charge in [0.25, 0.3) is 5.91 Å². The standard InChI is InChI=1S/C12H15FN2O2/c1-8-5-4-6-9(11(8)13)12(17)14-7-10(16)15(2)3/h4-6H,7H2,1-3H3,(H,14,17). The number of aryl methyl sites for hydroxylation is 1. The van der Waals surface area contributed by atoms with Gasteiger partial charge in [0.1, 0.15) is 5.82 Å². The van der Waals surface area contributed by atoms with E-state index in [1.165, 1.54) is 11.0 Å². The first-order chi connectivity index (χ1) is 7.93. The lowest BCUT2D eigenvalue weighted by Gasteiger charge is -2.11. The molecule has 4 nitrogen and oxygen atoms in total. The average molecular weight is 238 g/mol. The van der Waals surface area contributed by atoms with Crippen LogP contribution in [-0.4, -0.2) is 37.4 Å². The van der Waals surface area contributed by atoms with Gasteiger partial charge in [-0.15, -0.1) is 0 Å². The van der Waals surface area contributed by atoms with E-state index in [-0.39, 0.29) is 18.0 Å². The van der Waals surface area contributed by atoms with E-state index in [1.54, 1.807) is 33.2 Å². The Morgan fingerprint density at radius 1 is 1.35 bits per heavy atom. The minimum atomic E-state index is -0.582. The average Bonchev–Trinajstić information content (AvgIpc) is 2.29. The molecule has 92 valence electrons. The van der Waals surface area contributed by atoms with E-state index in [0.717, 1.165) is 0 Å². The number of nitrogens with zero attached hydrogens (tertiary/aromatic N) is 1. The summed E-state index contributed by atoms with van der Waals surface area (Å²) in [4.78, 5) is 24.2. The van der Waals surface area contributed by atoms with Crippen molar-refractivity contribution in [3.63, 3.8) is 0 Å². The molecular formula is C12H15FN2O2. The molecule has 1 aromatic carbocycles. The second kappa shape index (κ2) is 5.43. The van der Waals surface area contributed by atoms with Gasteiger partial charge in [-0.05, 0) is 18.6 Å². The highest BCUT2D eigenvalue weighted by Crippen LogP contribution is 2.11. The summed E-state index contributed by atoms with van der Waals surface area (Å²) in [5.74, 6) is -1.38. The molecule has 0 bridgehead atoms. The van der Waals surface area contributed by atoms with Gasteiger partial charge in [0.05, 0.1) is 12.1 Å². The van der Waals surface area contributed by atoms with Crippen molar-refractivity contribution in [3.05, 3.63) is 35.1 Å². The second-order valence-electron chi connectivity index (χ2n) is 3.91. The van der Waals surface area contributed by atoms with Gasteiger partial charge in [0, 0.05) is 14.1 Å². The summed E-state index contributed by atoms with van der Waals surface area (Å²) in [6, 6.07) is 4.57. The SMILES string of the molecule is Cc1cccc(C(=O)NCC(=O)N(C)C)c1F. The van der Waals surface area contributed by atoms with Crippen LogP contribution < -0.4 is 5.32 Å². The van der Waals surface area contributed by atoms with Gasteiger partial charge in [-0.1, -0.05) is 12.1 Å². The molecule has 0 aliphatic heterocycles. The highest BCUT2D eigenvalue weighted by molar-refractivity contribution is 5.96. The van der Waals surface area contributed by atoms with Crippen molar-refractivity contribution in [1.82, 2.24) is 10.2 Å². The normalized spacial score (nSPS) is 9.88. The Kier molecular flexibility index (Phi) is 4.20. The zero-order valence-corrected chi connectivity index (χ0v) is 10.1. The van der Waals surface area contributed by atoms with Gasteiger partial charge in [-0.2, -0.15) is 0 Å². The van der Waals surface area contributed by atoms with Gasteiger partial charge < -0.3 is 10.2 Å². The van der Waals surface area contributed by atoms with Gasteiger partial charge in [0.2, 0.25) is 5.91 Å². The molecule has 0 atom stereocenters. The zero-order valence-electron chi connectivity index (χ0n) is 10.1. The van der Waals surface area contributed by atoms with Gasteiger partial charge >= 0.3 is 0 Å². The predicted molar refractivity (Wildman–Crippen MR) is 62.2 cm³/mol. The fourth-order valence-corrected chi connectivity index (χ4v) is 1.23.